The third-order valence-corrected chi connectivity index (χ3v) is 5.36. The van der Waals surface area contributed by atoms with Gasteiger partial charge in [-0.1, -0.05) is 29.8 Å². The van der Waals surface area contributed by atoms with Gasteiger partial charge >= 0.3 is 0 Å². The lowest BCUT2D eigenvalue weighted by atomic mass is 10.2. The molecule has 1 aromatic heterocycles. The summed E-state index contributed by atoms with van der Waals surface area (Å²) in [4.78, 5) is 7.09. The van der Waals surface area contributed by atoms with Crippen LogP contribution in [-0.2, 0) is 12.3 Å². The lowest BCUT2D eigenvalue weighted by Gasteiger charge is -2.04. The summed E-state index contributed by atoms with van der Waals surface area (Å²) in [5.41, 5.74) is 0. The quantitative estimate of drug-likeness (QED) is 0.698. The van der Waals surface area contributed by atoms with Crippen LogP contribution in [0.25, 0.3) is 0 Å². The van der Waals surface area contributed by atoms with Crippen LogP contribution in [0.4, 0.5) is 0 Å². The van der Waals surface area contributed by atoms with Gasteiger partial charge in [0.15, 0.2) is 0 Å². The van der Waals surface area contributed by atoms with Crippen molar-refractivity contribution in [3.8, 4) is 0 Å². The molecule has 0 amide bonds. The minimum atomic E-state index is 0.690. The maximum Gasteiger partial charge on any atom is 0.103 e. The molecule has 1 aromatic carbocycles. The first-order valence-corrected chi connectivity index (χ1v) is 9.25. The smallest absolute Gasteiger partial charge is 0.103 e. The molecule has 0 unspecified atom stereocenters. The first kappa shape index (κ1) is 16.0. The lowest BCUT2D eigenvalue weighted by molar-refractivity contribution is 0.554. The zero-order valence-electron chi connectivity index (χ0n) is 11.7. The maximum atomic E-state index is 4.49. The van der Waals surface area contributed by atoms with E-state index in [1.54, 1.807) is 11.3 Å². The minimum absolute atomic E-state index is 0.690. The largest absolute Gasteiger partial charge is 0.312 e. The third kappa shape index (κ3) is 5.56. The fourth-order valence-electron chi connectivity index (χ4n) is 1.66. The summed E-state index contributed by atoms with van der Waals surface area (Å²) in [7, 11) is 0. The molecule has 2 aromatic rings. The third-order valence-electron chi connectivity index (χ3n) is 2.63. The molecule has 108 valence electrons. The van der Waals surface area contributed by atoms with Crippen molar-refractivity contribution in [1.29, 1.82) is 0 Å². The van der Waals surface area contributed by atoms with E-state index >= 15 is 0 Å². The van der Waals surface area contributed by atoms with Crippen molar-refractivity contribution >= 4 is 39.0 Å². The number of hydrogen-bond acceptors (Lipinski definition) is 4. The molecular formula is C15H19BrN2S2. The van der Waals surface area contributed by atoms with Crippen LogP contribution in [0, 0.1) is 5.92 Å². The van der Waals surface area contributed by atoms with Gasteiger partial charge in [-0.05, 0) is 36.7 Å². The Bertz CT molecular complexity index is 523. The van der Waals surface area contributed by atoms with E-state index in [2.05, 4.69) is 64.3 Å². The monoisotopic (exact) mass is 370 g/mol. The number of nitrogens with zero attached hydrogens (tertiary/aromatic N) is 1. The van der Waals surface area contributed by atoms with Gasteiger partial charge in [0.05, 0.1) is 5.75 Å². The van der Waals surface area contributed by atoms with E-state index in [1.165, 1.54) is 14.8 Å². The summed E-state index contributed by atoms with van der Waals surface area (Å²) >= 11 is 7.09. The maximum absolute atomic E-state index is 4.49. The SMILES string of the molecule is CC(C)CNCc1cnc(CSc2ccc(Br)cc2)s1. The Hall–Kier alpha value is -0.360. The van der Waals surface area contributed by atoms with Gasteiger partial charge in [0.25, 0.3) is 0 Å². The number of thiazole rings is 1. The zero-order chi connectivity index (χ0) is 14.4. The van der Waals surface area contributed by atoms with Crippen molar-refractivity contribution in [3.05, 3.63) is 44.8 Å². The summed E-state index contributed by atoms with van der Waals surface area (Å²) in [6.07, 6.45) is 2.00. The van der Waals surface area contributed by atoms with Crippen molar-refractivity contribution < 1.29 is 0 Å². The molecule has 1 N–H and O–H groups in total. The van der Waals surface area contributed by atoms with E-state index in [4.69, 9.17) is 0 Å². The van der Waals surface area contributed by atoms with Crippen LogP contribution >= 0.6 is 39.0 Å². The summed E-state index contributed by atoms with van der Waals surface area (Å²) in [6.45, 7) is 6.43. The summed E-state index contributed by atoms with van der Waals surface area (Å²) < 4.78 is 1.12. The first-order chi connectivity index (χ1) is 9.63. The van der Waals surface area contributed by atoms with E-state index in [1.807, 2.05) is 18.0 Å². The Morgan fingerprint density at radius 1 is 1.30 bits per heavy atom. The number of hydrogen-bond donors (Lipinski definition) is 1. The van der Waals surface area contributed by atoms with E-state index < -0.39 is 0 Å². The van der Waals surface area contributed by atoms with Gasteiger partial charge in [-0.3, -0.25) is 0 Å². The molecule has 0 atom stereocenters. The molecule has 0 saturated carbocycles. The second-order valence-corrected chi connectivity index (χ2v) is 8.15. The van der Waals surface area contributed by atoms with Gasteiger partial charge < -0.3 is 5.32 Å². The highest BCUT2D eigenvalue weighted by Gasteiger charge is 2.03. The van der Waals surface area contributed by atoms with Crippen LogP contribution < -0.4 is 5.32 Å². The molecule has 0 aliphatic carbocycles. The van der Waals surface area contributed by atoms with Crippen molar-refractivity contribution in [1.82, 2.24) is 10.3 Å². The fourth-order valence-corrected chi connectivity index (χ4v) is 3.71. The lowest BCUT2D eigenvalue weighted by Crippen LogP contribution is -2.18. The molecular weight excluding hydrogens is 352 g/mol. The standard InChI is InChI=1S/C15H19BrN2S2/c1-11(2)7-17-8-14-9-18-15(20-14)10-19-13-5-3-12(16)4-6-13/h3-6,9,11,17H,7-8,10H2,1-2H3. The summed E-state index contributed by atoms with van der Waals surface area (Å²) in [6, 6.07) is 8.41. The molecule has 1 heterocycles. The van der Waals surface area contributed by atoms with Gasteiger partial charge in [-0.25, -0.2) is 4.98 Å². The highest BCUT2D eigenvalue weighted by Crippen LogP contribution is 2.26. The van der Waals surface area contributed by atoms with E-state index in [0.29, 0.717) is 5.92 Å². The van der Waals surface area contributed by atoms with Crippen LogP contribution in [0.5, 0.6) is 0 Å². The molecule has 0 fully saturated rings. The number of thioether (sulfide) groups is 1. The van der Waals surface area contributed by atoms with Gasteiger partial charge in [-0.15, -0.1) is 23.1 Å². The van der Waals surface area contributed by atoms with Crippen LogP contribution in [0.1, 0.15) is 23.7 Å². The Labute approximate surface area is 137 Å². The predicted molar refractivity (Wildman–Crippen MR) is 92.4 cm³/mol. The highest BCUT2D eigenvalue weighted by atomic mass is 79.9. The Balaban J connectivity index is 1.79. The van der Waals surface area contributed by atoms with Gasteiger partial charge in [0, 0.05) is 27.0 Å². The van der Waals surface area contributed by atoms with Gasteiger partial charge in [0.1, 0.15) is 5.01 Å². The van der Waals surface area contributed by atoms with Crippen molar-refractivity contribution in [2.75, 3.05) is 6.54 Å². The molecule has 2 rings (SSSR count). The van der Waals surface area contributed by atoms with Crippen LogP contribution in [0.3, 0.4) is 0 Å². The van der Waals surface area contributed by atoms with E-state index in [0.717, 1.165) is 23.3 Å². The molecule has 0 saturated heterocycles. The number of benzene rings is 1. The predicted octanol–water partition coefficient (Wildman–Crippen LogP) is 4.94. The Morgan fingerprint density at radius 3 is 2.75 bits per heavy atom. The number of aromatic nitrogens is 1. The topological polar surface area (TPSA) is 24.9 Å². The first-order valence-electron chi connectivity index (χ1n) is 6.66. The second-order valence-electron chi connectivity index (χ2n) is 4.99. The van der Waals surface area contributed by atoms with Crippen molar-refractivity contribution in [3.63, 3.8) is 0 Å². The molecule has 0 spiro atoms. The summed E-state index contributed by atoms with van der Waals surface area (Å²) in [5.74, 6) is 1.63. The average molecular weight is 371 g/mol. The summed E-state index contributed by atoms with van der Waals surface area (Å²) in [5, 5.41) is 4.65. The van der Waals surface area contributed by atoms with Crippen LogP contribution in [-0.4, -0.2) is 11.5 Å². The number of rotatable bonds is 7. The van der Waals surface area contributed by atoms with Crippen molar-refractivity contribution in [2.45, 2.75) is 31.0 Å². The molecule has 0 aliphatic rings. The zero-order valence-corrected chi connectivity index (χ0v) is 14.9. The van der Waals surface area contributed by atoms with Crippen LogP contribution in [0.2, 0.25) is 0 Å². The highest BCUT2D eigenvalue weighted by molar-refractivity contribution is 9.10. The molecule has 0 aliphatic heterocycles. The van der Waals surface area contributed by atoms with Gasteiger partial charge in [-0.2, -0.15) is 0 Å². The average Bonchev–Trinajstić information content (AvgIpc) is 2.86. The number of halogens is 1. The van der Waals surface area contributed by atoms with E-state index in [-0.39, 0.29) is 0 Å². The molecule has 0 radical (unpaired) electrons. The minimum Gasteiger partial charge on any atom is -0.312 e. The van der Waals surface area contributed by atoms with Gasteiger partial charge in [0.2, 0.25) is 0 Å². The molecule has 2 nitrogen and oxygen atoms in total. The van der Waals surface area contributed by atoms with Crippen LogP contribution in [0.15, 0.2) is 39.8 Å². The Kier molecular flexibility index (Phi) is 6.55. The molecule has 20 heavy (non-hydrogen) atoms. The van der Waals surface area contributed by atoms with Crippen molar-refractivity contribution in [2.24, 2.45) is 5.92 Å². The Morgan fingerprint density at radius 2 is 2.05 bits per heavy atom. The fraction of sp³-hybridized carbons (Fsp3) is 0.400. The van der Waals surface area contributed by atoms with E-state index in [9.17, 15) is 0 Å². The molecule has 0 bridgehead atoms. The second kappa shape index (κ2) is 8.17. The molecule has 5 heteroatoms. The normalized spacial score (nSPS) is 11.2. The number of nitrogens with one attached hydrogen (secondary N) is 1.